The number of aromatic nitrogens is 2. The maximum Gasteiger partial charge on any atom is 0.257 e. The van der Waals surface area contributed by atoms with Crippen LogP contribution in [-0.2, 0) is 0 Å². The summed E-state index contributed by atoms with van der Waals surface area (Å²) in [5, 5.41) is 6.55. The Labute approximate surface area is 196 Å². The van der Waals surface area contributed by atoms with Gasteiger partial charge in [0.05, 0.1) is 17.0 Å². The van der Waals surface area contributed by atoms with Crippen LogP contribution in [0.1, 0.15) is 29.9 Å². The number of halogens is 1. The molecular weight excluding hydrogens is 501 g/mol. The number of hydrogen-bond donors (Lipinski definition) is 2. The van der Waals surface area contributed by atoms with Crippen molar-refractivity contribution in [1.82, 2.24) is 15.3 Å². The molecule has 31 heavy (non-hydrogen) atoms. The fraction of sp³-hybridized carbons (Fsp3) is 0.292. The number of anilines is 2. The first kappa shape index (κ1) is 21.7. The number of piperazine rings is 1. The molecule has 0 saturated carbocycles. The van der Waals surface area contributed by atoms with Crippen molar-refractivity contribution in [2.24, 2.45) is 0 Å². The number of nitrogens with zero attached hydrogens (tertiary/aromatic N) is 3. The first-order valence-corrected chi connectivity index (χ1v) is 11.5. The normalized spacial score (nSPS) is 18.6. The van der Waals surface area contributed by atoms with Gasteiger partial charge in [0.2, 0.25) is 0 Å². The molecule has 1 amide bonds. The highest BCUT2D eigenvalue weighted by atomic mass is 127. The number of hydrogen-bond acceptors (Lipinski definition) is 5. The lowest BCUT2D eigenvalue weighted by Gasteiger charge is -2.37. The zero-order valence-electron chi connectivity index (χ0n) is 17.9. The summed E-state index contributed by atoms with van der Waals surface area (Å²) in [4.78, 5) is 24.4. The van der Waals surface area contributed by atoms with E-state index in [0.29, 0.717) is 17.6 Å². The zero-order valence-corrected chi connectivity index (χ0v) is 20.1. The second-order valence-electron chi connectivity index (χ2n) is 8.04. The van der Waals surface area contributed by atoms with E-state index in [9.17, 15) is 4.79 Å². The predicted molar refractivity (Wildman–Crippen MR) is 134 cm³/mol. The number of pyridine rings is 2. The van der Waals surface area contributed by atoms with E-state index in [1.54, 1.807) is 6.20 Å². The molecule has 1 aliphatic rings. The SMILES string of the molecule is Cc1nc(N2C[C@@H](C)N[C@@H](C)C2)ccc1C(=O)Nc1ccc(I)c(-c2ccccn2)c1. The molecule has 7 heteroatoms. The molecule has 4 rings (SSSR count). The van der Waals surface area contributed by atoms with Crippen LogP contribution in [0.3, 0.4) is 0 Å². The fourth-order valence-electron chi connectivity index (χ4n) is 4.00. The third-order valence-electron chi connectivity index (χ3n) is 5.36. The van der Waals surface area contributed by atoms with Crippen LogP contribution >= 0.6 is 22.6 Å². The Bertz CT molecular complexity index is 1080. The number of amides is 1. The van der Waals surface area contributed by atoms with Gasteiger partial charge in [-0.15, -0.1) is 0 Å². The number of aryl methyl sites for hydroxylation is 1. The molecule has 160 valence electrons. The summed E-state index contributed by atoms with van der Waals surface area (Å²) in [5.74, 6) is 0.757. The van der Waals surface area contributed by atoms with Crippen LogP contribution in [0.4, 0.5) is 11.5 Å². The van der Waals surface area contributed by atoms with Crippen molar-refractivity contribution in [2.75, 3.05) is 23.3 Å². The molecule has 1 saturated heterocycles. The molecule has 3 heterocycles. The highest BCUT2D eigenvalue weighted by Crippen LogP contribution is 2.27. The Hall–Kier alpha value is -2.52. The summed E-state index contributed by atoms with van der Waals surface area (Å²) in [5.41, 5.74) is 3.91. The lowest BCUT2D eigenvalue weighted by molar-refractivity contribution is 0.102. The molecule has 0 radical (unpaired) electrons. The van der Waals surface area contributed by atoms with Crippen LogP contribution in [-0.4, -0.2) is 41.0 Å². The van der Waals surface area contributed by atoms with Crippen LogP contribution in [0.2, 0.25) is 0 Å². The molecule has 0 aliphatic carbocycles. The standard InChI is InChI=1S/C24H26IN5O/c1-15-13-30(14-16(2)27-15)23-10-8-19(17(3)28-23)24(31)29-18-7-9-21(25)20(12-18)22-6-4-5-11-26-22/h4-12,15-16,27H,13-14H2,1-3H3,(H,29,31)/t15-,16+. The molecule has 1 aromatic carbocycles. The smallest absolute Gasteiger partial charge is 0.257 e. The van der Waals surface area contributed by atoms with Crippen molar-refractivity contribution in [3.8, 4) is 11.3 Å². The highest BCUT2D eigenvalue weighted by Gasteiger charge is 2.23. The summed E-state index contributed by atoms with van der Waals surface area (Å²) >= 11 is 2.29. The summed E-state index contributed by atoms with van der Waals surface area (Å²) < 4.78 is 1.08. The van der Waals surface area contributed by atoms with Gasteiger partial charge in [-0.2, -0.15) is 0 Å². The summed E-state index contributed by atoms with van der Waals surface area (Å²) in [6.45, 7) is 8.05. The zero-order chi connectivity index (χ0) is 22.0. The summed E-state index contributed by atoms with van der Waals surface area (Å²) in [6, 6.07) is 16.3. The highest BCUT2D eigenvalue weighted by molar-refractivity contribution is 14.1. The van der Waals surface area contributed by atoms with Crippen molar-refractivity contribution in [3.63, 3.8) is 0 Å². The van der Waals surface area contributed by atoms with Gasteiger partial charge in [-0.1, -0.05) is 6.07 Å². The van der Waals surface area contributed by atoms with E-state index >= 15 is 0 Å². The lowest BCUT2D eigenvalue weighted by Crippen LogP contribution is -2.54. The van der Waals surface area contributed by atoms with Gasteiger partial charge in [0.25, 0.3) is 5.91 Å². The molecule has 2 aromatic heterocycles. The van der Waals surface area contributed by atoms with Gasteiger partial charge in [-0.05, 0) is 85.8 Å². The number of nitrogens with one attached hydrogen (secondary N) is 2. The Morgan fingerprint density at radius 3 is 2.58 bits per heavy atom. The van der Waals surface area contributed by atoms with Gasteiger partial charge in [0.15, 0.2) is 0 Å². The van der Waals surface area contributed by atoms with Crippen LogP contribution in [0.15, 0.2) is 54.7 Å². The van der Waals surface area contributed by atoms with E-state index in [4.69, 9.17) is 4.98 Å². The molecule has 1 fully saturated rings. The van der Waals surface area contributed by atoms with E-state index in [-0.39, 0.29) is 5.91 Å². The van der Waals surface area contributed by atoms with Crippen molar-refractivity contribution in [1.29, 1.82) is 0 Å². The minimum atomic E-state index is -0.160. The van der Waals surface area contributed by atoms with Crippen molar-refractivity contribution in [3.05, 3.63) is 69.6 Å². The van der Waals surface area contributed by atoms with E-state index in [1.165, 1.54) is 0 Å². The fourth-order valence-corrected chi connectivity index (χ4v) is 4.61. The Morgan fingerprint density at radius 1 is 1.13 bits per heavy atom. The van der Waals surface area contributed by atoms with Crippen molar-refractivity contribution >= 4 is 40.0 Å². The monoisotopic (exact) mass is 527 g/mol. The van der Waals surface area contributed by atoms with Crippen LogP contribution in [0, 0.1) is 10.5 Å². The van der Waals surface area contributed by atoms with E-state index < -0.39 is 0 Å². The molecule has 2 atom stereocenters. The van der Waals surface area contributed by atoms with Gasteiger partial charge in [0, 0.05) is 46.2 Å². The van der Waals surface area contributed by atoms with E-state index in [2.05, 4.69) is 57.0 Å². The van der Waals surface area contributed by atoms with Crippen molar-refractivity contribution in [2.45, 2.75) is 32.9 Å². The number of benzene rings is 1. The molecule has 3 aromatic rings. The predicted octanol–water partition coefficient (Wildman–Crippen LogP) is 4.50. The van der Waals surface area contributed by atoms with Crippen LogP contribution in [0.5, 0.6) is 0 Å². The summed E-state index contributed by atoms with van der Waals surface area (Å²) in [7, 11) is 0. The first-order chi connectivity index (χ1) is 14.9. The quantitative estimate of drug-likeness (QED) is 0.490. The Kier molecular flexibility index (Phi) is 6.52. The largest absolute Gasteiger partial charge is 0.354 e. The molecule has 6 nitrogen and oxygen atoms in total. The lowest BCUT2D eigenvalue weighted by atomic mass is 10.1. The maximum atomic E-state index is 13.0. The van der Waals surface area contributed by atoms with Gasteiger partial charge >= 0.3 is 0 Å². The van der Waals surface area contributed by atoms with Gasteiger partial charge in [-0.25, -0.2) is 4.98 Å². The van der Waals surface area contributed by atoms with Gasteiger partial charge in [-0.3, -0.25) is 9.78 Å². The first-order valence-electron chi connectivity index (χ1n) is 10.4. The molecular formula is C24H26IN5O. The third kappa shape index (κ3) is 5.04. The van der Waals surface area contributed by atoms with Crippen LogP contribution in [0.25, 0.3) is 11.3 Å². The minimum Gasteiger partial charge on any atom is -0.354 e. The number of carbonyl (C=O) groups excluding carboxylic acids is 1. The van der Waals surface area contributed by atoms with Gasteiger partial charge in [0.1, 0.15) is 5.82 Å². The molecule has 0 spiro atoms. The third-order valence-corrected chi connectivity index (χ3v) is 6.30. The number of carbonyl (C=O) groups is 1. The average Bonchev–Trinajstić information content (AvgIpc) is 2.75. The topological polar surface area (TPSA) is 70.2 Å². The molecule has 0 bridgehead atoms. The average molecular weight is 527 g/mol. The second kappa shape index (κ2) is 9.32. The van der Waals surface area contributed by atoms with E-state index in [0.717, 1.165) is 45.1 Å². The van der Waals surface area contributed by atoms with Crippen molar-refractivity contribution < 1.29 is 4.79 Å². The maximum absolute atomic E-state index is 13.0. The van der Waals surface area contributed by atoms with Crippen LogP contribution < -0.4 is 15.5 Å². The molecule has 2 N–H and O–H groups in total. The Balaban J connectivity index is 1.53. The molecule has 1 aliphatic heterocycles. The molecule has 0 unspecified atom stereocenters. The summed E-state index contributed by atoms with van der Waals surface area (Å²) in [6.07, 6.45) is 1.77. The second-order valence-corrected chi connectivity index (χ2v) is 9.20. The number of rotatable bonds is 4. The minimum absolute atomic E-state index is 0.160. The Morgan fingerprint density at radius 2 is 1.90 bits per heavy atom. The van der Waals surface area contributed by atoms with Gasteiger partial charge < -0.3 is 15.5 Å². The van der Waals surface area contributed by atoms with E-state index in [1.807, 2.05) is 55.5 Å².